The molecule has 0 aromatic heterocycles. The van der Waals surface area contributed by atoms with Crippen molar-refractivity contribution in [2.45, 2.75) is 52.0 Å². The Balaban J connectivity index is 2.01. The van der Waals surface area contributed by atoms with Crippen LogP contribution in [0.25, 0.3) is 5.57 Å². The average Bonchev–Trinajstić information content (AvgIpc) is 2.89. The zero-order valence-electron chi connectivity index (χ0n) is 17.1. The van der Waals surface area contributed by atoms with E-state index in [1.165, 1.54) is 0 Å². The summed E-state index contributed by atoms with van der Waals surface area (Å²) in [6, 6.07) is 5.95. The zero-order valence-corrected chi connectivity index (χ0v) is 17.1. The smallest absolute Gasteiger partial charge is 0.434 e. The van der Waals surface area contributed by atoms with Crippen molar-refractivity contribution in [1.29, 1.82) is 0 Å². The number of Topliss-reactive ketones (excluding diaryl/α,β-unsaturated/α-hetero) is 1. The molecule has 28 heavy (non-hydrogen) atoms. The van der Waals surface area contributed by atoms with Crippen LogP contribution in [0.4, 0.5) is 4.79 Å². The Hall–Kier alpha value is -2.34. The molecule has 1 spiro atoms. The van der Waals surface area contributed by atoms with Crippen LogP contribution < -0.4 is 5.32 Å². The predicted octanol–water partition coefficient (Wildman–Crippen LogP) is 3.89. The van der Waals surface area contributed by atoms with Gasteiger partial charge in [-0.15, -0.1) is 0 Å². The fourth-order valence-electron chi connectivity index (χ4n) is 4.32. The van der Waals surface area contributed by atoms with Crippen LogP contribution in [-0.2, 0) is 19.0 Å². The number of carbonyl (C=O) groups excluding carboxylic acids is 2. The molecular weight excluding hydrogens is 358 g/mol. The second-order valence-electron chi connectivity index (χ2n) is 7.76. The number of hydrogen-bond donors (Lipinski definition) is 1. The monoisotopic (exact) mass is 387 g/mol. The van der Waals surface area contributed by atoms with Gasteiger partial charge in [-0.3, -0.25) is 4.79 Å². The molecular formula is C22H29NO5. The highest BCUT2D eigenvalue weighted by atomic mass is 16.7. The Bertz CT molecular complexity index is 798. The highest BCUT2D eigenvalue weighted by Gasteiger charge is 2.51. The van der Waals surface area contributed by atoms with Crippen LogP contribution in [0, 0.1) is 19.8 Å². The molecule has 0 bridgehead atoms. The number of ketones is 1. The SMILES string of the molecule is CCOC(=O)OC1=C(c2cc(C)ccc2C)C(=O)[C@@]2(CCC[C@H](COC)C2)N1. The average molecular weight is 387 g/mol. The third-order valence-corrected chi connectivity index (χ3v) is 5.61. The second-order valence-corrected chi connectivity index (χ2v) is 7.76. The van der Waals surface area contributed by atoms with E-state index in [1.54, 1.807) is 14.0 Å². The summed E-state index contributed by atoms with van der Waals surface area (Å²) in [5.41, 5.74) is 2.48. The second kappa shape index (κ2) is 8.35. The van der Waals surface area contributed by atoms with Crippen LogP contribution in [-0.4, -0.2) is 37.8 Å². The highest BCUT2D eigenvalue weighted by Crippen LogP contribution is 2.43. The van der Waals surface area contributed by atoms with E-state index in [0.29, 0.717) is 25.0 Å². The van der Waals surface area contributed by atoms with Gasteiger partial charge in [0.15, 0.2) is 5.78 Å². The molecule has 0 amide bonds. The summed E-state index contributed by atoms with van der Waals surface area (Å²) >= 11 is 0. The van der Waals surface area contributed by atoms with Crippen molar-refractivity contribution in [3.8, 4) is 0 Å². The Morgan fingerprint density at radius 1 is 1.32 bits per heavy atom. The van der Waals surface area contributed by atoms with E-state index in [2.05, 4.69) is 5.32 Å². The van der Waals surface area contributed by atoms with E-state index in [9.17, 15) is 9.59 Å². The van der Waals surface area contributed by atoms with E-state index in [0.717, 1.165) is 29.5 Å². The van der Waals surface area contributed by atoms with Gasteiger partial charge in [-0.1, -0.05) is 30.2 Å². The first-order chi connectivity index (χ1) is 13.4. The normalized spacial score (nSPS) is 24.4. The molecule has 0 radical (unpaired) electrons. The first kappa shape index (κ1) is 20.4. The number of nitrogens with one attached hydrogen (secondary N) is 1. The topological polar surface area (TPSA) is 73.9 Å². The van der Waals surface area contributed by atoms with Crippen molar-refractivity contribution in [3.05, 3.63) is 40.8 Å². The number of carbonyl (C=O) groups is 2. The highest BCUT2D eigenvalue weighted by molar-refractivity contribution is 6.28. The van der Waals surface area contributed by atoms with Gasteiger partial charge in [-0.05, 0) is 57.1 Å². The molecule has 1 aromatic rings. The third-order valence-electron chi connectivity index (χ3n) is 5.61. The molecule has 1 aromatic carbocycles. The van der Waals surface area contributed by atoms with Gasteiger partial charge in [0.05, 0.1) is 12.2 Å². The summed E-state index contributed by atoms with van der Waals surface area (Å²) in [6.45, 7) is 6.47. The molecule has 1 N–H and O–H groups in total. The number of aryl methyl sites for hydroxylation is 2. The van der Waals surface area contributed by atoms with E-state index in [1.807, 2.05) is 32.0 Å². The molecule has 2 aliphatic rings. The molecule has 2 atom stereocenters. The molecule has 6 nitrogen and oxygen atoms in total. The first-order valence-corrected chi connectivity index (χ1v) is 9.88. The van der Waals surface area contributed by atoms with Crippen LogP contribution in [0.1, 0.15) is 49.3 Å². The van der Waals surface area contributed by atoms with Crippen LogP contribution in [0.2, 0.25) is 0 Å². The van der Waals surface area contributed by atoms with Crippen LogP contribution in [0.5, 0.6) is 0 Å². The lowest BCUT2D eigenvalue weighted by Gasteiger charge is -2.37. The lowest BCUT2D eigenvalue weighted by molar-refractivity contribution is -0.120. The summed E-state index contributed by atoms with van der Waals surface area (Å²) in [5, 5.41) is 3.28. The van der Waals surface area contributed by atoms with Crippen molar-refractivity contribution in [2.75, 3.05) is 20.3 Å². The van der Waals surface area contributed by atoms with Crippen LogP contribution in [0.15, 0.2) is 24.1 Å². The van der Waals surface area contributed by atoms with E-state index < -0.39 is 11.7 Å². The minimum atomic E-state index is -0.804. The molecule has 1 saturated carbocycles. The molecule has 152 valence electrons. The lowest BCUT2D eigenvalue weighted by atomic mass is 9.73. The summed E-state index contributed by atoms with van der Waals surface area (Å²) in [6.07, 6.45) is 2.50. The fraction of sp³-hybridized carbons (Fsp3) is 0.545. The standard InChI is InChI=1S/C22H29NO5/c1-5-27-21(25)28-20-18(17-11-14(2)8-9-15(17)3)19(24)22(23-20)10-6-7-16(12-22)13-26-4/h8-9,11,16,23H,5-7,10,12-13H2,1-4H3/t16-,22-/m0/s1. The number of rotatable bonds is 5. The van der Waals surface area contributed by atoms with E-state index >= 15 is 0 Å². The van der Waals surface area contributed by atoms with Gasteiger partial charge in [0.2, 0.25) is 5.88 Å². The molecule has 0 unspecified atom stereocenters. The van der Waals surface area contributed by atoms with Gasteiger partial charge in [0.1, 0.15) is 5.54 Å². The molecule has 1 heterocycles. The largest absolute Gasteiger partial charge is 0.515 e. The number of benzene rings is 1. The molecule has 1 aliphatic carbocycles. The Kier molecular flexibility index (Phi) is 6.08. The lowest BCUT2D eigenvalue weighted by Crippen LogP contribution is -2.51. The Morgan fingerprint density at radius 2 is 2.11 bits per heavy atom. The van der Waals surface area contributed by atoms with Gasteiger partial charge >= 0.3 is 6.16 Å². The maximum absolute atomic E-state index is 13.7. The number of methoxy groups -OCH3 is 1. The van der Waals surface area contributed by atoms with Crippen LogP contribution in [0.3, 0.4) is 0 Å². The summed E-state index contributed by atoms with van der Waals surface area (Å²) in [7, 11) is 1.68. The summed E-state index contributed by atoms with van der Waals surface area (Å²) < 4.78 is 15.7. The fourth-order valence-corrected chi connectivity index (χ4v) is 4.32. The maximum atomic E-state index is 13.7. The minimum Gasteiger partial charge on any atom is -0.434 e. The number of hydrogen-bond acceptors (Lipinski definition) is 6. The third kappa shape index (κ3) is 3.92. The van der Waals surface area contributed by atoms with Crippen molar-refractivity contribution in [3.63, 3.8) is 0 Å². The zero-order chi connectivity index (χ0) is 20.3. The van der Waals surface area contributed by atoms with Gasteiger partial charge < -0.3 is 19.5 Å². The first-order valence-electron chi connectivity index (χ1n) is 9.88. The maximum Gasteiger partial charge on any atom is 0.515 e. The number of ether oxygens (including phenoxy) is 3. The van der Waals surface area contributed by atoms with Gasteiger partial charge in [-0.25, -0.2) is 4.79 Å². The molecule has 1 fully saturated rings. The summed E-state index contributed by atoms with van der Waals surface area (Å²) in [4.78, 5) is 25.7. The predicted molar refractivity (Wildman–Crippen MR) is 106 cm³/mol. The van der Waals surface area contributed by atoms with E-state index in [4.69, 9.17) is 14.2 Å². The molecule has 0 saturated heterocycles. The van der Waals surface area contributed by atoms with E-state index in [-0.39, 0.29) is 24.2 Å². The van der Waals surface area contributed by atoms with Gasteiger partial charge in [-0.2, -0.15) is 0 Å². The Morgan fingerprint density at radius 3 is 2.82 bits per heavy atom. The summed E-state index contributed by atoms with van der Waals surface area (Å²) in [5.74, 6) is 0.480. The van der Waals surface area contributed by atoms with Crippen molar-refractivity contribution in [1.82, 2.24) is 5.32 Å². The molecule has 3 rings (SSSR count). The van der Waals surface area contributed by atoms with Gasteiger partial charge in [0.25, 0.3) is 0 Å². The quantitative estimate of drug-likeness (QED) is 0.773. The van der Waals surface area contributed by atoms with Gasteiger partial charge in [0, 0.05) is 13.7 Å². The van der Waals surface area contributed by atoms with Crippen LogP contribution >= 0.6 is 0 Å². The minimum absolute atomic E-state index is 0.0127. The Labute approximate surface area is 166 Å². The molecule has 1 aliphatic heterocycles. The van der Waals surface area contributed by atoms with Crippen molar-refractivity contribution in [2.24, 2.45) is 5.92 Å². The van der Waals surface area contributed by atoms with Crippen molar-refractivity contribution < 1.29 is 23.8 Å². The molecule has 6 heteroatoms. The van der Waals surface area contributed by atoms with Crippen molar-refractivity contribution >= 4 is 17.5 Å².